The van der Waals surface area contributed by atoms with Gasteiger partial charge >= 0.3 is 0 Å². The highest BCUT2D eigenvalue weighted by Gasteiger charge is 2.04. The molecule has 2 rings (SSSR count). The monoisotopic (exact) mass is 262 g/mol. The predicted molar refractivity (Wildman–Crippen MR) is 73.0 cm³/mol. The molecule has 0 radical (unpaired) electrons. The first-order valence-corrected chi connectivity index (χ1v) is 6.31. The molecule has 0 fully saturated rings. The highest BCUT2D eigenvalue weighted by atomic mass is 35.5. The lowest BCUT2D eigenvalue weighted by molar-refractivity contribution is 0.317. The van der Waals surface area contributed by atoms with Crippen molar-refractivity contribution < 1.29 is 4.74 Å². The summed E-state index contributed by atoms with van der Waals surface area (Å²) in [5, 5.41) is 0.462. The van der Waals surface area contributed by atoms with E-state index >= 15 is 0 Å². The van der Waals surface area contributed by atoms with Gasteiger partial charge in [0, 0.05) is 11.3 Å². The molecule has 1 heterocycles. The number of benzene rings is 1. The van der Waals surface area contributed by atoms with E-state index in [-0.39, 0.29) is 0 Å². The minimum absolute atomic E-state index is 0.462. The number of aromatic nitrogens is 2. The molecule has 1 aromatic carbocycles. The molecule has 2 aromatic rings. The second-order valence-corrected chi connectivity index (χ2v) is 4.42. The van der Waals surface area contributed by atoms with Gasteiger partial charge in [0.15, 0.2) is 5.82 Å². The Morgan fingerprint density at radius 3 is 2.50 bits per heavy atom. The largest absolute Gasteiger partial charge is 0.494 e. The van der Waals surface area contributed by atoms with Gasteiger partial charge in [-0.15, -0.1) is 0 Å². The number of rotatable bonds is 4. The maximum Gasteiger partial charge on any atom is 0.161 e. The van der Waals surface area contributed by atoms with Crippen LogP contribution in [0.5, 0.6) is 5.75 Å². The lowest BCUT2D eigenvalue weighted by Crippen LogP contribution is -1.95. The average Bonchev–Trinajstić information content (AvgIpc) is 2.36. The standard InChI is InChI=1S/C14H15ClN2O/c1-3-8-18-12-6-4-11(5-7-12)14-16-10(2)9-13(15)17-14/h4-7,9H,3,8H2,1-2H3. The smallest absolute Gasteiger partial charge is 0.161 e. The number of hydrogen-bond donors (Lipinski definition) is 0. The van der Waals surface area contributed by atoms with Gasteiger partial charge in [-0.05, 0) is 43.7 Å². The summed E-state index contributed by atoms with van der Waals surface area (Å²) in [6, 6.07) is 9.46. The van der Waals surface area contributed by atoms with Crippen LogP contribution in [0.3, 0.4) is 0 Å². The number of nitrogens with zero attached hydrogens (tertiary/aromatic N) is 2. The van der Waals surface area contributed by atoms with Crippen LogP contribution in [-0.4, -0.2) is 16.6 Å². The molecule has 0 bridgehead atoms. The molecule has 0 N–H and O–H groups in total. The fourth-order valence-corrected chi connectivity index (χ4v) is 1.82. The summed E-state index contributed by atoms with van der Waals surface area (Å²) >= 11 is 5.92. The topological polar surface area (TPSA) is 35.0 Å². The normalized spacial score (nSPS) is 10.4. The zero-order valence-corrected chi connectivity index (χ0v) is 11.2. The van der Waals surface area contributed by atoms with Crippen LogP contribution in [0.15, 0.2) is 30.3 Å². The molecule has 0 saturated heterocycles. The minimum atomic E-state index is 0.462. The van der Waals surface area contributed by atoms with E-state index in [1.165, 1.54) is 0 Å². The van der Waals surface area contributed by atoms with E-state index in [2.05, 4.69) is 16.9 Å². The number of halogens is 1. The molecule has 18 heavy (non-hydrogen) atoms. The van der Waals surface area contributed by atoms with E-state index in [4.69, 9.17) is 16.3 Å². The molecule has 3 nitrogen and oxygen atoms in total. The summed E-state index contributed by atoms with van der Waals surface area (Å²) in [6.45, 7) is 4.71. The third-order valence-electron chi connectivity index (χ3n) is 2.41. The number of hydrogen-bond acceptors (Lipinski definition) is 3. The van der Waals surface area contributed by atoms with Crippen molar-refractivity contribution >= 4 is 11.6 Å². The van der Waals surface area contributed by atoms with E-state index in [1.54, 1.807) is 6.07 Å². The second-order valence-electron chi connectivity index (χ2n) is 4.03. The van der Waals surface area contributed by atoms with Crippen LogP contribution in [-0.2, 0) is 0 Å². The highest BCUT2D eigenvalue weighted by Crippen LogP contribution is 2.21. The van der Waals surface area contributed by atoms with Crippen molar-refractivity contribution in [3.8, 4) is 17.1 Å². The van der Waals surface area contributed by atoms with Gasteiger partial charge < -0.3 is 4.74 Å². The zero-order chi connectivity index (χ0) is 13.0. The molecule has 0 atom stereocenters. The number of ether oxygens (including phenoxy) is 1. The molecule has 4 heteroatoms. The second kappa shape index (κ2) is 5.83. The Hall–Kier alpha value is -1.61. The van der Waals surface area contributed by atoms with Crippen LogP contribution in [0, 0.1) is 6.92 Å². The molecule has 0 spiro atoms. The van der Waals surface area contributed by atoms with E-state index in [9.17, 15) is 0 Å². The van der Waals surface area contributed by atoms with Crippen molar-refractivity contribution in [2.45, 2.75) is 20.3 Å². The van der Waals surface area contributed by atoms with Crippen molar-refractivity contribution in [2.24, 2.45) is 0 Å². The molecule has 0 aliphatic carbocycles. The Labute approximate surface area is 112 Å². The SMILES string of the molecule is CCCOc1ccc(-c2nc(C)cc(Cl)n2)cc1. The maximum absolute atomic E-state index is 5.92. The van der Waals surface area contributed by atoms with E-state index in [0.29, 0.717) is 11.0 Å². The molecule has 94 valence electrons. The van der Waals surface area contributed by atoms with Crippen LogP contribution in [0.1, 0.15) is 19.0 Å². The van der Waals surface area contributed by atoms with Crippen LogP contribution >= 0.6 is 11.6 Å². The summed E-state index contributed by atoms with van der Waals surface area (Å²) in [7, 11) is 0. The van der Waals surface area contributed by atoms with Gasteiger partial charge in [0.05, 0.1) is 6.61 Å². The summed E-state index contributed by atoms with van der Waals surface area (Å²) in [5.41, 5.74) is 1.79. The molecular weight excluding hydrogens is 248 g/mol. The predicted octanol–water partition coefficient (Wildman–Crippen LogP) is 3.89. The van der Waals surface area contributed by atoms with Gasteiger partial charge in [-0.1, -0.05) is 18.5 Å². The molecule has 1 aromatic heterocycles. The lowest BCUT2D eigenvalue weighted by Gasteiger charge is -2.06. The quantitative estimate of drug-likeness (QED) is 0.784. The van der Waals surface area contributed by atoms with Gasteiger partial charge in [-0.3, -0.25) is 0 Å². The lowest BCUT2D eigenvalue weighted by atomic mass is 10.2. The molecule has 0 amide bonds. The van der Waals surface area contributed by atoms with E-state index in [0.717, 1.165) is 30.0 Å². The zero-order valence-electron chi connectivity index (χ0n) is 10.5. The van der Waals surface area contributed by atoms with Gasteiger partial charge in [-0.2, -0.15) is 0 Å². The fraction of sp³-hybridized carbons (Fsp3) is 0.286. The van der Waals surface area contributed by atoms with Crippen LogP contribution < -0.4 is 4.74 Å². The Balaban J connectivity index is 2.23. The van der Waals surface area contributed by atoms with Crippen molar-refractivity contribution in [1.82, 2.24) is 9.97 Å². The Morgan fingerprint density at radius 1 is 1.17 bits per heavy atom. The fourth-order valence-electron chi connectivity index (χ4n) is 1.58. The average molecular weight is 263 g/mol. The molecule has 0 aliphatic heterocycles. The summed E-state index contributed by atoms with van der Waals surface area (Å²) in [4.78, 5) is 8.57. The Morgan fingerprint density at radius 2 is 1.89 bits per heavy atom. The van der Waals surface area contributed by atoms with Crippen LogP contribution in [0.25, 0.3) is 11.4 Å². The third-order valence-corrected chi connectivity index (χ3v) is 2.60. The van der Waals surface area contributed by atoms with Crippen molar-refractivity contribution in [3.63, 3.8) is 0 Å². The van der Waals surface area contributed by atoms with Gasteiger partial charge in [-0.25, -0.2) is 9.97 Å². The number of aryl methyl sites for hydroxylation is 1. The van der Waals surface area contributed by atoms with Gasteiger partial charge in [0.25, 0.3) is 0 Å². The summed E-state index contributed by atoms with van der Waals surface area (Å²) in [5.74, 6) is 1.50. The van der Waals surface area contributed by atoms with E-state index < -0.39 is 0 Å². The first-order chi connectivity index (χ1) is 8.69. The van der Waals surface area contributed by atoms with Crippen molar-refractivity contribution in [1.29, 1.82) is 0 Å². The first kappa shape index (κ1) is 12.8. The van der Waals surface area contributed by atoms with Crippen LogP contribution in [0.2, 0.25) is 5.15 Å². The molecule has 0 saturated carbocycles. The Bertz CT molecular complexity index is 506. The molecule has 0 aliphatic rings. The van der Waals surface area contributed by atoms with E-state index in [1.807, 2.05) is 31.2 Å². The third kappa shape index (κ3) is 3.20. The Kier molecular flexibility index (Phi) is 4.15. The maximum atomic E-state index is 5.92. The van der Waals surface area contributed by atoms with Crippen molar-refractivity contribution in [2.75, 3.05) is 6.61 Å². The first-order valence-electron chi connectivity index (χ1n) is 5.93. The van der Waals surface area contributed by atoms with Crippen LogP contribution in [0.4, 0.5) is 0 Å². The van der Waals surface area contributed by atoms with Gasteiger partial charge in [0.1, 0.15) is 10.9 Å². The van der Waals surface area contributed by atoms with Gasteiger partial charge in [0.2, 0.25) is 0 Å². The molecule has 0 unspecified atom stereocenters. The summed E-state index contributed by atoms with van der Waals surface area (Å²) in [6.07, 6.45) is 0.998. The minimum Gasteiger partial charge on any atom is -0.494 e. The van der Waals surface area contributed by atoms with Crippen molar-refractivity contribution in [3.05, 3.63) is 41.2 Å². The molecular formula is C14H15ClN2O. The summed E-state index contributed by atoms with van der Waals surface area (Å²) < 4.78 is 5.53. The highest BCUT2D eigenvalue weighted by molar-refractivity contribution is 6.29.